The summed E-state index contributed by atoms with van der Waals surface area (Å²) in [4.78, 5) is 12.2. The molecule has 0 atom stereocenters. The molecule has 0 aliphatic rings. The zero-order valence-corrected chi connectivity index (χ0v) is 14.8. The molecule has 1 nitrogen and oxygen atoms in total. The lowest BCUT2D eigenvalue weighted by atomic mass is 9.98. The maximum absolute atomic E-state index is 12.2. The van der Waals surface area contributed by atoms with Gasteiger partial charge in [0, 0.05) is 12.8 Å². The van der Waals surface area contributed by atoms with Crippen molar-refractivity contribution >= 4 is 16.9 Å². The maximum atomic E-state index is 12.2. The predicted octanol–water partition coefficient (Wildman–Crippen LogP) is 5.89. The van der Waals surface area contributed by atoms with Gasteiger partial charge in [-0.15, -0.1) is 0 Å². The van der Waals surface area contributed by atoms with E-state index >= 15 is 0 Å². The number of Topliss-reactive ketones (excluding diaryl/α,β-unsaturated/α-hetero) is 1. The number of allylic oxidation sites excluding steroid dienone is 2. The summed E-state index contributed by atoms with van der Waals surface area (Å²) in [5, 5.41) is 0. The molecule has 1 heteroatoms. The largest absolute Gasteiger partial charge is 0.300 e. The third-order valence-corrected chi connectivity index (χ3v) is 4.22. The lowest BCUT2D eigenvalue weighted by molar-refractivity contribution is -0.119. The average molecular weight is 318 g/mol. The molecule has 0 bridgehead atoms. The molecule has 0 aliphatic heterocycles. The van der Waals surface area contributed by atoms with E-state index in [0.717, 1.165) is 35.1 Å². The van der Waals surface area contributed by atoms with Crippen LogP contribution in [0.2, 0.25) is 0 Å². The van der Waals surface area contributed by atoms with Gasteiger partial charge < -0.3 is 0 Å². The van der Waals surface area contributed by atoms with Crippen LogP contribution in [0.4, 0.5) is 0 Å². The second-order valence-electron chi connectivity index (χ2n) is 6.50. The van der Waals surface area contributed by atoms with Gasteiger partial charge in [-0.3, -0.25) is 4.79 Å². The van der Waals surface area contributed by atoms with Gasteiger partial charge in [-0.2, -0.15) is 0 Å². The molecule has 0 aliphatic carbocycles. The normalized spacial score (nSPS) is 10.4. The standard InChI is InChI=1S/C23H26O/c1-17(2)21-9-5-7-19(15-21)11-13-23(24)14-12-20-8-6-10-22(16-20)18(3)4/h5-10,15-16H,1,3,11-14H2,2,4H3. The molecule has 0 aromatic heterocycles. The number of carbonyl (C=O) groups excluding carboxylic acids is 1. The Morgan fingerprint density at radius 1 is 0.792 bits per heavy atom. The molecule has 2 rings (SSSR count). The number of hydrogen-bond acceptors (Lipinski definition) is 1. The first-order valence-corrected chi connectivity index (χ1v) is 8.47. The van der Waals surface area contributed by atoms with Gasteiger partial charge in [0.25, 0.3) is 0 Å². The third kappa shape index (κ3) is 5.34. The molecule has 2 aromatic carbocycles. The van der Waals surface area contributed by atoms with Gasteiger partial charge in [0.05, 0.1) is 0 Å². The van der Waals surface area contributed by atoms with E-state index in [4.69, 9.17) is 0 Å². The molecule has 0 fully saturated rings. The Balaban J connectivity index is 1.85. The van der Waals surface area contributed by atoms with E-state index < -0.39 is 0 Å². The van der Waals surface area contributed by atoms with Crippen LogP contribution in [0.3, 0.4) is 0 Å². The van der Waals surface area contributed by atoms with Crippen LogP contribution in [0.5, 0.6) is 0 Å². The fraction of sp³-hybridized carbons (Fsp3) is 0.261. The van der Waals surface area contributed by atoms with Crippen LogP contribution in [0.25, 0.3) is 11.1 Å². The van der Waals surface area contributed by atoms with Crippen LogP contribution in [-0.4, -0.2) is 5.78 Å². The summed E-state index contributed by atoms with van der Waals surface area (Å²) < 4.78 is 0. The monoisotopic (exact) mass is 318 g/mol. The van der Waals surface area contributed by atoms with Gasteiger partial charge in [-0.1, -0.05) is 72.8 Å². The summed E-state index contributed by atoms with van der Waals surface area (Å²) in [5.41, 5.74) is 6.82. The summed E-state index contributed by atoms with van der Waals surface area (Å²) in [6, 6.07) is 16.6. The SMILES string of the molecule is C=C(C)c1cccc(CCC(=O)CCc2cccc(C(=C)C)c2)c1. The van der Waals surface area contributed by atoms with Crippen molar-refractivity contribution in [1.29, 1.82) is 0 Å². The average Bonchev–Trinajstić information content (AvgIpc) is 2.58. The van der Waals surface area contributed by atoms with Crippen LogP contribution < -0.4 is 0 Å². The van der Waals surface area contributed by atoms with Crippen LogP contribution in [-0.2, 0) is 17.6 Å². The van der Waals surface area contributed by atoms with E-state index in [0.29, 0.717) is 18.6 Å². The first-order chi connectivity index (χ1) is 11.5. The van der Waals surface area contributed by atoms with E-state index in [1.54, 1.807) is 0 Å². The third-order valence-electron chi connectivity index (χ3n) is 4.22. The molecule has 0 heterocycles. The highest BCUT2D eigenvalue weighted by atomic mass is 16.1. The number of ketones is 1. The van der Waals surface area contributed by atoms with Crippen molar-refractivity contribution in [2.24, 2.45) is 0 Å². The van der Waals surface area contributed by atoms with Crippen LogP contribution in [0.15, 0.2) is 61.7 Å². The zero-order chi connectivity index (χ0) is 17.5. The fourth-order valence-electron chi connectivity index (χ4n) is 2.68. The predicted molar refractivity (Wildman–Crippen MR) is 104 cm³/mol. The highest BCUT2D eigenvalue weighted by Crippen LogP contribution is 2.16. The minimum Gasteiger partial charge on any atom is -0.300 e. The Morgan fingerprint density at radius 3 is 1.58 bits per heavy atom. The van der Waals surface area contributed by atoms with Crippen molar-refractivity contribution in [1.82, 2.24) is 0 Å². The van der Waals surface area contributed by atoms with Gasteiger partial charge in [0.2, 0.25) is 0 Å². The Kier molecular flexibility index (Phi) is 6.31. The van der Waals surface area contributed by atoms with Gasteiger partial charge in [-0.05, 0) is 48.9 Å². The molecule has 0 saturated heterocycles. The smallest absolute Gasteiger partial charge is 0.133 e. The summed E-state index contributed by atoms with van der Waals surface area (Å²) in [6.45, 7) is 11.9. The Morgan fingerprint density at radius 2 is 1.21 bits per heavy atom. The molecule has 0 amide bonds. The summed E-state index contributed by atoms with van der Waals surface area (Å²) in [6.07, 6.45) is 2.79. The molecule has 0 unspecified atom stereocenters. The van der Waals surface area contributed by atoms with Crippen LogP contribution in [0.1, 0.15) is 48.9 Å². The molecule has 0 saturated carbocycles. The Labute approximate surface area is 145 Å². The highest BCUT2D eigenvalue weighted by molar-refractivity contribution is 5.79. The number of rotatable bonds is 8. The Bertz CT molecular complexity index is 689. The topological polar surface area (TPSA) is 17.1 Å². The minimum absolute atomic E-state index is 0.316. The fourth-order valence-corrected chi connectivity index (χ4v) is 2.68. The Hall–Kier alpha value is -2.41. The summed E-state index contributed by atoms with van der Waals surface area (Å²) in [7, 11) is 0. The summed E-state index contributed by atoms with van der Waals surface area (Å²) >= 11 is 0. The first kappa shape index (κ1) is 17.9. The number of hydrogen-bond donors (Lipinski definition) is 0. The molecule has 0 N–H and O–H groups in total. The highest BCUT2D eigenvalue weighted by Gasteiger charge is 2.05. The van der Waals surface area contributed by atoms with Gasteiger partial charge in [0.1, 0.15) is 5.78 Å². The summed E-state index contributed by atoms with van der Waals surface area (Å²) in [5.74, 6) is 0.316. The molecule has 2 aromatic rings. The van der Waals surface area contributed by atoms with E-state index in [-0.39, 0.29) is 0 Å². The number of aryl methyl sites for hydroxylation is 2. The van der Waals surface area contributed by atoms with E-state index in [1.807, 2.05) is 26.0 Å². The van der Waals surface area contributed by atoms with Gasteiger partial charge >= 0.3 is 0 Å². The van der Waals surface area contributed by atoms with Crippen molar-refractivity contribution in [2.45, 2.75) is 39.5 Å². The van der Waals surface area contributed by atoms with Crippen molar-refractivity contribution < 1.29 is 4.79 Å². The quantitative estimate of drug-likeness (QED) is 0.593. The van der Waals surface area contributed by atoms with Crippen molar-refractivity contribution in [3.05, 3.63) is 83.9 Å². The lowest BCUT2D eigenvalue weighted by Crippen LogP contribution is -2.02. The van der Waals surface area contributed by atoms with Crippen LogP contribution in [0, 0.1) is 0 Å². The molecule has 0 radical (unpaired) electrons. The second-order valence-corrected chi connectivity index (χ2v) is 6.50. The molecule has 0 spiro atoms. The second kappa shape index (κ2) is 8.44. The number of benzene rings is 2. The molecular weight excluding hydrogens is 292 g/mol. The van der Waals surface area contributed by atoms with Crippen molar-refractivity contribution in [2.75, 3.05) is 0 Å². The lowest BCUT2D eigenvalue weighted by Gasteiger charge is -2.06. The van der Waals surface area contributed by atoms with E-state index in [9.17, 15) is 4.79 Å². The first-order valence-electron chi connectivity index (χ1n) is 8.47. The molecular formula is C23H26O. The van der Waals surface area contributed by atoms with Crippen molar-refractivity contribution in [3.63, 3.8) is 0 Å². The van der Waals surface area contributed by atoms with Gasteiger partial charge in [0.15, 0.2) is 0 Å². The van der Waals surface area contributed by atoms with E-state index in [2.05, 4.69) is 49.6 Å². The minimum atomic E-state index is 0.316. The number of carbonyl (C=O) groups is 1. The van der Waals surface area contributed by atoms with Crippen molar-refractivity contribution in [3.8, 4) is 0 Å². The molecule has 124 valence electrons. The zero-order valence-electron chi connectivity index (χ0n) is 14.8. The van der Waals surface area contributed by atoms with Crippen LogP contribution >= 0.6 is 0 Å². The van der Waals surface area contributed by atoms with E-state index in [1.165, 1.54) is 11.1 Å². The maximum Gasteiger partial charge on any atom is 0.133 e. The molecule has 24 heavy (non-hydrogen) atoms. The van der Waals surface area contributed by atoms with Gasteiger partial charge in [-0.25, -0.2) is 0 Å².